The van der Waals surface area contributed by atoms with Crippen molar-refractivity contribution in [1.82, 2.24) is 10.6 Å². The standard InChI is InChI=1S/C17H25N3O3S/c18-24(22,23)16-8-6-15(7-9-16)11-13-20-17(21)19-12-10-14-4-2-1-3-5-14/h4,6-9H,1-3,5,10-13H2,(H2,18,22,23)(H2,19,20,21). The van der Waals surface area contributed by atoms with E-state index in [1.165, 1.54) is 30.5 Å². The van der Waals surface area contributed by atoms with Crippen LogP contribution in [0.25, 0.3) is 0 Å². The fourth-order valence-corrected chi connectivity index (χ4v) is 3.21. The van der Waals surface area contributed by atoms with E-state index in [0.717, 1.165) is 24.8 Å². The lowest BCUT2D eigenvalue weighted by Gasteiger charge is -2.13. The molecule has 0 spiro atoms. The van der Waals surface area contributed by atoms with Crippen molar-refractivity contribution in [1.29, 1.82) is 0 Å². The SMILES string of the molecule is NS(=O)(=O)c1ccc(CCNC(=O)NCCC2=CCCCC2)cc1. The topological polar surface area (TPSA) is 101 Å². The first-order valence-electron chi connectivity index (χ1n) is 8.26. The van der Waals surface area contributed by atoms with E-state index in [1.807, 2.05) is 0 Å². The number of nitrogens with two attached hydrogens (primary N) is 1. The summed E-state index contributed by atoms with van der Waals surface area (Å²) in [6.45, 7) is 1.14. The Balaban J connectivity index is 1.64. The maximum atomic E-state index is 11.7. The maximum absolute atomic E-state index is 11.7. The summed E-state index contributed by atoms with van der Waals surface area (Å²) in [5, 5.41) is 10.7. The Morgan fingerprint density at radius 3 is 2.29 bits per heavy atom. The fourth-order valence-electron chi connectivity index (χ4n) is 2.70. The number of hydrogen-bond acceptors (Lipinski definition) is 3. The van der Waals surface area contributed by atoms with Crippen LogP contribution in [-0.4, -0.2) is 27.5 Å². The predicted molar refractivity (Wildman–Crippen MR) is 94.1 cm³/mol. The van der Waals surface area contributed by atoms with Gasteiger partial charge in [0.15, 0.2) is 0 Å². The highest BCUT2D eigenvalue weighted by Crippen LogP contribution is 2.19. The first-order valence-corrected chi connectivity index (χ1v) is 9.81. The van der Waals surface area contributed by atoms with Gasteiger partial charge in [-0.2, -0.15) is 0 Å². The largest absolute Gasteiger partial charge is 0.338 e. The van der Waals surface area contributed by atoms with Crippen molar-refractivity contribution < 1.29 is 13.2 Å². The predicted octanol–water partition coefficient (Wildman–Crippen LogP) is 2.07. The number of amides is 2. The van der Waals surface area contributed by atoms with Crippen LogP contribution < -0.4 is 15.8 Å². The summed E-state index contributed by atoms with van der Waals surface area (Å²) in [5.74, 6) is 0. The monoisotopic (exact) mass is 351 g/mol. The molecule has 24 heavy (non-hydrogen) atoms. The van der Waals surface area contributed by atoms with Crippen LogP contribution in [0.4, 0.5) is 4.79 Å². The summed E-state index contributed by atoms with van der Waals surface area (Å²) in [4.78, 5) is 11.8. The molecule has 0 fully saturated rings. The lowest BCUT2D eigenvalue weighted by molar-refractivity contribution is 0.241. The van der Waals surface area contributed by atoms with Crippen molar-refractivity contribution in [3.8, 4) is 0 Å². The molecular weight excluding hydrogens is 326 g/mol. The fraction of sp³-hybridized carbons (Fsp3) is 0.471. The molecule has 1 aromatic carbocycles. The smallest absolute Gasteiger partial charge is 0.314 e. The van der Waals surface area contributed by atoms with Gasteiger partial charge in [0, 0.05) is 13.1 Å². The Hall–Kier alpha value is -1.86. The van der Waals surface area contributed by atoms with Crippen LogP contribution in [0.15, 0.2) is 40.8 Å². The summed E-state index contributed by atoms with van der Waals surface area (Å²) in [7, 11) is -3.66. The number of allylic oxidation sites excluding steroid dienone is 1. The molecule has 2 amide bonds. The third kappa shape index (κ3) is 6.33. The molecule has 1 aliphatic rings. The molecule has 0 saturated carbocycles. The maximum Gasteiger partial charge on any atom is 0.314 e. The van der Waals surface area contributed by atoms with Gasteiger partial charge in [0.1, 0.15) is 0 Å². The number of hydrogen-bond donors (Lipinski definition) is 3. The molecule has 0 aromatic heterocycles. The van der Waals surface area contributed by atoms with E-state index < -0.39 is 10.0 Å². The molecule has 4 N–H and O–H groups in total. The molecule has 0 radical (unpaired) electrons. The quantitative estimate of drug-likeness (QED) is 0.655. The second-order valence-corrected chi connectivity index (χ2v) is 7.54. The molecule has 2 rings (SSSR count). The second-order valence-electron chi connectivity index (χ2n) is 5.98. The van der Waals surface area contributed by atoms with Gasteiger partial charge in [0.2, 0.25) is 10.0 Å². The molecule has 0 aliphatic heterocycles. The van der Waals surface area contributed by atoms with Gasteiger partial charge in [-0.1, -0.05) is 23.8 Å². The van der Waals surface area contributed by atoms with Gasteiger partial charge in [-0.15, -0.1) is 0 Å². The minimum absolute atomic E-state index is 0.0916. The zero-order valence-corrected chi connectivity index (χ0v) is 14.6. The van der Waals surface area contributed by atoms with Gasteiger partial charge in [0.05, 0.1) is 4.90 Å². The van der Waals surface area contributed by atoms with E-state index in [-0.39, 0.29) is 10.9 Å². The first-order chi connectivity index (χ1) is 11.4. The summed E-state index contributed by atoms with van der Waals surface area (Å²) >= 11 is 0. The number of carbonyl (C=O) groups excluding carboxylic acids is 1. The Labute approximate surface area is 143 Å². The highest BCUT2D eigenvalue weighted by Gasteiger charge is 2.07. The second kappa shape index (κ2) is 8.84. The van der Waals surface area contributed by atoms with Crippen LogP contribution in [0.5, 0.6) is 0 Å². The van der Waals surface area contributed by atoms with E-state index in [0.29, 0.717) is 19.5 Å². The van der Waals surface area contributed by atoms with E-state index in [9.17, 15) is 13.2 Å². The van der Waals surface area contributed by atoms with Crippen LogP contribution in [-0.2, 0) is 16.4 Å². The minimum atomic E-state index is -3.66. The molecule has 1 aliphatic carbocycles. The molecule has 1 aromatic rings. The number of primary sulfonamides is 1. The average Bonchev–Trinajstić information content (AvgIpc) is 2.55. The lowest BCUT2D eigenvalue weighted by Crippen LogP contribution is -2.37. The van der Waals surface area contributed by atoms with Crippen LogP contribution >= 0.6 is 0 Å². The van der Waals surface area contributed by atoms with E-state index in [4.69, 9.17) is 5.14 Å². The summed E-state index contributed by atoms with van der Waals surface area (Å²) < 4.78 is 22.3. The Morgan fingerprint density at radius 2 is 1.71 bits per heavy atom. The third-order valence-corrected chi connectivity index (χ3v) is 5.00. The number of sulfonamides is 1. The minimum Gasteiger partial charge on any atom is -0.338 e. The number of nitrogens with one attached hydrogen (secondary N) is 2. The number of benzene rings is 1. The van der Waals surface area contributed by atoms with Crippen molar-refractivity contribution in [3.05, 3.63) is 41.5 Å². The molecule has 0 bridgehead atoms. The molecule has 7 heteroatoms. The number of rotatable bonds is 7. The van der Waals surface area contributed by atoms with Crippen molar-refractivity contribution in [3.63, 3.8) is 0 Å². The summed E-state index contributed by atoms with van der Waals surface area (Å²) in [6.07, 6.45) is 8.67. The van der Waals surface area contributed by atoms with Crippen LogP contribution in [0.1, 0.15) is 37.7 Å². The van der Waals surface area contributed by atoms with E-state index in [2.05, 4.69) is 16.7 Å². The molecule has 132 valence electrons. The summed E-state index contributed by atoms with van der Waals surface area (Å²) in [6, 6.07) is 6.18. The molecule has 0 atom stereocenters. The van der Waals surface area contributed by atoms with Crippen LogP contribution in [0.2, 0.25) is 0 Å². The number of urea groups is 1. The van der Waals surface area contributed by atoms with Crippen molar-refractivity contribution in [2.75, 3.05) is 13.1 Å². The molecule has 0 heterocycles. The highest BCUT2D eigenvalue weighted by molar-refractivity contribution is 7.89. The zero-order chi connectivity index (χ0) is 17.4. The lowest BCUT2D eigenvalue weighted by atomic mass is 9.97. The molecular formula is C17H25N3O3S. The van der Waals surface area contributed by atoms with Gasteiger partial charge in [-0.05, 0) is 56.2 Å². The average molecular weight is 351 g/mol. The Kier molecular flexibility index (Phi) is 6.81. The Bertz CT molecular complexity index is 682. The van der Waals surface area contributed by atoms with Crippen LogP contribution in [0.3, 0.4) is 0 Å². The Morgan fingerprint density at radius 1 is 1.04 bits per heavy atom. The highest BCUT2D eigenvalue weighted by atomic mass is 32.2. The van der Waals surface area contributed by atoms with Gasteiger partial charge >= 0.3 is 6.03 Å². The molecule has 6 nitrogen and oxygen atoms in total. The van der Waals surface area contributed by atoms with Gasteiger partial charge in [-0.25, -0.2) is 18.4 Å². The van der Waals surface area contributed by atoms with Crippen LogP contribution in [0, 0.1) is 0 Å². The summed E-state index contributed by atoms with van der Waals surface area (Å²) in [5.41, 5.74) is 2.38. The normalized spacial score (nSPS) is 14.8. The molecule has 0 saturated heterocycles. The zero-order valence-electron chi connectivity index (χ0n) is 13.8. The van der Waals surface area contributed by atoms with Crippen molar-refractivity contribution in [2.24, 2.45) is 5.14 Å². The van der Waals surface area contributed by atoms with Crippen molar-refractivity contribution in [2.45, 2.75) is 43.4 Å². The van der Waals surface area contributed by atoms with Crippen molar-refractivity contribution >= 4 is 16.1 Å². The van der Waals surface area contributed by atoms with E-state index >= 15 is 0 Å². The van der Waals surface area contributed by atoms with Gasteiger partial charge < -0.3 is 10.6 Å². The van der Waals surface area contributed by atoms with Gasteiger partial charge in [0.25, 0.3) is 0 Å². The first kappa shape index (κ1) is 18.5. The van der Waals surface area contributed by atoms with Gasteiger partial charge in [-0.3, -0.25) is 0 Å². The van der Waals surface area contributed by atoms with E-state index in [1.54, 1.807) is 12.1 Å². The molecule has 0 unspecified atom stereocenters. The number of carbonyl (C=O) groups is 1. The third-order valence-electron chi connectivity index (χ3n) is 4.07.